The van der Waals surface area contributed by atoms with Gasteiger partial charge in [-0.25, -0.2) is 4.39 Å². The van der Waals surface area contributed by atoms with Crippen LogP contribution in [-0.4, -0.2) is 19.7 Å². The molecule has 2 heterocycles. The zero-order chi connectivity index (χ0) is 10.3. The Labute approximate surface area is 101 Å². The van der Waals surface area contributed by atoms with Gasteiger partial charge < -0.3 is 22.5 Å². The molecule has 2 N–H and O–H groups in total. The predicted molar refractivity (Wildman–Crippen MR) is 54.2 cm³/mol. The molecule has 4 heteroatoms. The van der Waals surface area contributed by atoms with Gasteiger partial charge in [0.1, 0.15) is 18.5 Å². The average Bonchev–Trinajstić information content (AvgIpc) is 2.47. The van der Waals surface area contributed by atoms with Crippen LogP contribution in [0, 0.1) is 5.82 Å². The van der Waals surface area contributed by atoms with Gasteiger partial charge in [0.2, 0.25) is 0 Å². The summed E-state index contributed by atoms with van der Waals surface area (Å²) in [7, 11) is 0. The minimum Gasteiger partial charge on any atom is -1.00 e. The Hall–Kier alpha value is -0.640. The Bertz CT molecular complexity index is 397. The first kappa shape index (κ1) is 11.8. The van der Waals surface area contributed by atoms with Crippen LogP contribution in [0.2, 0.25) is 0 Å². The van der Waals surface area contributed by atoms with E-state index in [9.17, 15) is 4.39 Å². The van der Waals surface area contributed by atoms with E-state index in [4.69, 9.17) is 4.74 Å². The van der Waals surface area contributed by atoms with Crippen molar-refractivity contribution in [3.63, 3.8) is 0 Å². The highest BCUT2D eigenvalue weighted by molar-refractivity contribution is 5.40. The summed E-state index contributed by atoms with van der Waals surface area (Å²) in [5.41, 5.74) is 3.33. The molecule has 2 aliphatic rings. The molecule has 88 valence electrons. The summed E-state index contributed by atoms with van der Waals surface area (Å²) in [6.07, 6.45) is 1.87. The molecule has 0 aromatic heterocycles. The molecule has 1 aromatic rings. The normalized spacial score (nSPS) is 22.9. The van der Waals surface area contributed by atoms with Gasteiger partial charge in [-0.15, -0.1) is 0 Å². The van der Waals surface area contributed by atoms with Crippen LogP contribution in [0.15, 0.2) is 12.1 Å². The van der Waals surface area contributed by atoms with Gasteiger partial charge in [-0.1, -0.05) is 6.07 Å². The summed E-state index contributed by atoms with van der Waals surface area (Å²) < 4.78 is 19.4. The highest BCUT2D eigenvalue weighted by atomic mass is 35.5. The van der Waals surface area contributed by atoms with Crippen molar-refractivity contribution in [3.8, 4) is 0 Å². The molecule has 2 aliphatic heterocycles. The van der Waals surface area contributed by atoms with E-state index in [0.29, 0.717) is 6.61 Å². The molecular formula is C12H15ClFNO. The summed E-state index contributed by atoms with van der Waals surface area (Å²) in [6.45, 7) is 2.67. The fourth-order valence-corrected chi connectivity index (χ4v) is 2.66. The zero-order valence-corrected chi connectivity index (χ0v) is 9.77. The van der Waals surface area contributed by atoms with Gasteiger partial charge >= 0.3 is 0 Å². The average molecular weight is 244 g/mol. The lowest BCUT2D eigenvalue weighted by Gasteiger charge is -2.25. The first-order valence-corrected chi connectivity index (χ1v) is 5.59. The standard InChI is InChI=1S/C12H14FNO.ClH/c13-10-2-1-8-3-5-14-7-11-12(8)9(10)4-6-15-11;/h1-2,11,14H,3-7H2;1H. The molecule has 0 amide bonds. The SMILES string of the molecule is Fc1ccc2c3c1CCOC3C[NH2+]CC2.[Cl-]. The molecule has 0 saturated heterocycles. The summed E-state index contributed by atoms with van der Waals surface area (Å²) in [5, 5.41) is 2.26. The van der Waals surface area contributed by atoms with Crippen LogP contribution in [0.5, 0.6) is 0 Å². The van der Waals surface area contributed by atoms with Crippen molar-refractivity contribution in [1.82, 2.24) is 0 Å². The van der Waals surface area contributed by atoms with Crippen molar-refractivity contribution >= 4 is 0 Å². The molecular weight excluding hydrogens is 229 g/mol. The first-order chi connectivity index (χ1) is 7.36. The van der Waals surface area contributed by atoms with Crippen LogP contribution in [0.25, 0.3) is 0 Å². The fraction of sp³-hybridized carbons (Fsp3) is 0.500. The van der Waals surface area contributed by atoms with Gasteiger partial charge in [0.15, 0.2) is 0 Å². The Kier molecular flexibility index (Phi) is 3.47. The lowest BCUT2D eigenvalue weighted by molar-refractivity contribution is -0.660. The number of benzene rings is 1. The van der Waals surface area contributed by atoms with E-state index in [2.05, 4.69) is 5.32 Å². The molecule has 3 rings (SSSR count). The van der Waals surface area contributed by atoms with Crippen LogP contribution < -0.4 is 17.7 Å². The molecule has 0 fully saturated rings. The summed E-state index contributed by atoms with van der Waals surface area (Å²) in [4.78, 5) is 0. The number of nitrogens with two attached hydrogens (primary N) is 1. The Balaban J connectivity index is 0.000000963. The maximum atomic E-state index is 13.7. The van der Waals surface area contributed by atoms with E-state index in [1.54, 1.807) is 6.07 Å². The largest absolute Gasteiger partial charge is 1.00 e. The van der Waals surface area contributed by atoms with E-state index in [1.807, 2.05) is 6.07 Å². The Morgan fingerprint density at radius 3 is 3.06 bits per heavy atom. The molecule has 0 radical (unpaired) electrons. The molecule has 0 aliphatic carbocycles. The first-order valence-electron chi connectivity index (χ1n) is 5.59. The van der Waals surface area contributed by atoms with Crippen molar-refractivity contribution < 1.29 is 26.9 Å². The highest BCUT2D eigenvalue weighted by Crippen LogP contribution is 2.32. The van der Waals surface area contributed by atoms with Crippen LogP contribution in [0.4, 0.5) is 4.39 Å². The van der Waals surface area contributed by atoms with E-state index in [1.165, 1.54) is 5.56 Å². The number of halogens is 2. The summed E-state index contributed by atoms with van der Waals surface area (Å²) in [5.74, 6) is -0.0519. The van der Waals surface area contributed by atoms with E-state index < -0.39 is 0 Å². The zero-order valence-electron chi connectivity index (χ0n) is 9.01. The lowest BCUT2D eigenvalue weighted by Crippen LogP contribution is -3.00. The van der Waals surface area contributed by atoms with Crippen molar-refractivity contribution in [2.24, 2.45) is 0 Å². The van der Waals surface area contributed by atoms with Crippen molar-refractivity contribution in [3.05, 3.63) is 34.6 Å². The third-order valence-electron chi connectivity index (χ3n) is 3.38. The number of rotatable bonds is 0. The van der Waals surface area contributed by atoms with Crippen LogP contribution >= 0.6 is 0 Å². The van der Waals surface area contributed by atoms with Gasteiger partial charge in [0, 0.05) is 6.42 Å². The van der Waals surface area contributed by atoms with Crippen molar-refractivity contribution in [2.45, 2.75) is 18.9 Å². The molecule has 2 nitrogen and oxygen atoms in total. The number of hydrogen-bond acceptors (Lipinski definition) is 1. The van der Waals surface area contributed by atoms with Gasteiger partial charge in [0.05, 0.1) is 13.2 Å². The van der Waals surface area contributed by atoms with E-state index in [-0.39, 0.29) is 24.3 Å². The maximum Gasteiger partial charge on any atom is 0.132 e. The second-order valence-electron chi connectivity index (χ2n) is 4.27. The van der Waals surface area contributed by atoms with Gasteiger partial charge in [0.25, 0.3) is 0 Å². The predicted octanol–water partition coefficient (Wildman–Crippen LogP) is -2.44. The van der Waals surface area contributed by atoms with Crippen LogP contribution in [0.3, 0.4) is 0 Å². The number of quaternary nitrogens is 1. The number of ether oxygens (including phenoxy) is 1. The van der Waals surface area contributed by atoms with E-state index in [0.717, 1.165) is 37.1 Å². The second-order valence-corrected chi connectivity index (χ2v) is 4.27. The number of hydrogen-bond donors (Lipinski definition) is 1. The molecule has 0 saturated carbocycles. The summed E-state index contributed by atoms with van der Waals surface area (Å²) >= 11 is 0. The fourth-order valence-electron chi connectivity index (χ4n) is 2.66. The lowest BCUT2D eigenvalue weighted by atomic mass is 9.91. The molecule has 1 aromatic carbocycles. The molecule has 0 spiro atoms. The molecule has 1 atom stereocenters. The van der Waals surface area contributed by atoms with Crippen LogP contribution in [0.1, 0.15) is 22.8 Å². The minimum atomic E-state index is -0.0519. The minimum absolute atomic E-state index is 0. The maximum absolute atomic E-state index is 13.7. The van der Waals surface area contributed by atoms with E-state index >= 15 is 0 Å². The molecule has 16 heavy (non-hydrogen) atoms. The van der Waals surface area contributed by atoms with Gasteiger partial charge in [-0.2, -0.15) is 0 Å². The van der Waals surface area contributed by atoms with Crippen molar-refractivity contribution in [1.29, 1.82) is 0 Å². The van der Waals surface area contributed by atoms with Gasteiger partial charge in [-0.3, -0.25) is 0 Å². The Morgan fingerprint density at radius 2 is 2.19 bits per heavy atom. The van der Waals surface area contributed by atoms with Crippen molar-refractivity contribution in [2.75, 3.05) is 19.7 Å². The van der Waals surface area contributed by atoms with Crippen LogP contribution in [-0.2, 0) is 17.6 Å². The summed E-state index contributed by atoms with van der Waals surface area (Å²) in [6, 6.07) is 3.54. The Morgan fingerprint density at radius 1 is 1.31 bits per heavy atom. The smallest absolute Gasteiger partial charge is 0.132 e. The van der Waals surface area contributed by atoms with Gasteiger partial charge in [-0.05, 0) is 29.2 Å². The second kappa shape index (κ2) is 4.70. The topological polar surface area (TPSA) is 25.8 Å². The third-order valence-corrected chi connectivity index (χ3v) is 3.38. The third kappa shape index (κ3) is 1.83. The monoisotopic (exact) mass is 243 g/mol. The molecule has 1 unspecified atom stereocenters. The quantitative estimate of drug-likeness (QED) is 0.539. The molecule has 0 bridgehead atoms. The highest BCUT2D eigenvalue weighted by Gasteiger charge is 2.29.